The first-order chi connectivity index (χ1) is 10.0. The Morgan fingerprint density at radius 1 is 1.33 bits per heavy atom. The topological polar surface area (TPSA) is 90.4 Å². The van der Waals surface area contributed by atoms with Crippen molar-refractivity contribution in [1.29, 1.82) is 0 Å². The number of ether oxygens (including phenoxy) is 1. The number of hydrogen-bond donors (Lipinski definition) is 2. The number of carbonyl (C=O) groups excluding carboxylic acids is 1. The second-order valence-corrected chi connectivity index (χ2v) is 5.02. The number of carbonyl (C=O) groups is 1. The summed E-state index contributed by atoms with van der Waals surface area (Å²) in [5.74, 6) is 0.928. The molecule has 1 aromatic carbocycles. The predicted molar refractivity (Wildman–Crippen MR) is 79.2 cm³/mol. The Labute approximate surface area is 123 Å². The van der Waals surface area contributed by atoms with Crippen molar-refractivity contribution >= 4 is 11.6 Å². The number of aromatic nitrogens is 1. The van der Waals surface area contributed by atoms with Crippen molar-refractivity contribution in [3.05, 3.63) is 42.1 Å². The van der Waals surface area contributed by atoms with Gasteiger partial charge >= 0.3 is 0 Å². The number of nitrogens with one attached hydrogen (secondary N) is 1. The summed E-state index contributed by atoms with van der Waals surface area (Å²) >= 11 is 0. The Bertz CT molecular complexity index is 605. The average Bonchev–Trinajstić information content (AvgIpc) is 2.97. The lowest BCUT2D eigenvalue weighted by Gasteiger charge is -2.10. The van der Waals surface area contributed by atoms with E-state index < -0.39 is 0 Å². The minimum atomic E-state index is -0.342. The summed E-state index contributed by atoms with van der Waals surface area (Å²) in [4.78, 5) is 16.2. The molecule has 21 heavy (non-hydrogen) atoms. The van der Waals surface area contributed by atoms with Crippen molar-refractivity contribution in [2.24, 2.45) is 11.7 Å². The summed E-state index contributed by atoms with van der Waals surface area (Å²) in [6.45, 7) is 3.93. The van der Waals surface area contributed by atoms with Crippen molar-refractivity contribution in [3.8, 4) is 5.75 Å². The van der Waals surface area contributed by atoms with Crippen LogP contribution in [-0.2, 0) is 0 Å². The number of anilines is 1. The predicted octanol–water partition coefficient (Wildman–Crippen LogP) is 2.59. The maximum absolute atomic E-state index is 12.1. The molecule has 6 nitrogen and oxygen atoms in total. The van der Waals surface area contributed by atoms with E-state index in [9.17, 15) is 4.79 Å². The molecule has 2 aromatic rings. The molecular weight excluding hydrogens is 270 g/mol. The minimum absolute atomic E-state index is 0.182. The third-order valence-electron chi connectivity index (χ3n) is 3.11. The number of methoxy groups -OCH3 is 1. The fraction of sp³-hybridized carbons (Fsp3) is 0.333. The van der Waals surface area contributed by atoms with Gasteiger partial charge < -0.3 is 20.2 Å². The lowest BCUT2D eigenvalue weighted by Crippen LogP contribution is -2.18. The van der Waals surface area contributed by atoms with Crippen LogP contribution in [0.3, 0.4) is 0 Å². The molecule has 0 aliphatic carbocycles. The zero-order chi connectivity index (χ0) is 15.4. The molecule has 6 heteroatoms. The van der Waals surface area contributed by atoms with Crippen LogP contribution in [0.15, 0.2) is 34.9 Å². The molecule has 0 radical (unpaired) electrons. The monoisotopic (exact) mass is 289 g/mol. The number of rotatable bonds is 5. The molecule has 112 valence electrons. The maximum Gasteiger partial charge on any atom is 0.277 e. The van der Waals surface area contributed by atoms with Crippen molar-refractivity contribution in [2.75, 3.05) is 12.4 Å². The van der Waals surface area contributed by atoms with E-state index in [2.05, 4.69) is 10.3 Å². The third-order valence-corrected chi connectivity index (χ3v) is 3.11. The largest absolute Gasteiger partial charge is 0.497 e. The number of nitrogens with two attached hydrogens (primary N) is 1. The number of benzene rings is 1. The Balaban J connectivity index is 2.06. The molecule has 0 saturated heterocycles. The molecule has 0 bridgehead atoms. The molecule has 1 heterocycles. The highest BCUT2D eigenvalue weighted by Gasteiger charge is 2.19. The highest BCUT2D eigenvalue weighted by molar-refractivity contribution is 6.02. The molecule has 2 rings (SSSR count). The number of hydrogen-bond acceptors (Lipinski definition) is 5. The average molecular weight is 289 g/mol. The fourth-order valence-electron chi connectivity index (χ4n) is 1.70. The van der Waals surface area contributed by atoms with Crippen LogP contribution in [0.1, 0.15) is 36.3 Å². The van der Waals surface area contributed by atoms with Gasteiger partial charge in [0.15, 0.2) is 5.69 Å². The van der Waals surface area contributed by atoms with Crippen LogP contribution in [0.25, 0.3) is 0 Å². The molecule has 3 N–H and O–H groups in total. The summed E-state index contributed by atoms with van der Waals surface area (Å²) in [6.07, 6.45) is 1.32. The van der Waals surface area contributed by atoms with E-state index in [4.69, 9.17) is 14.9 Å². The Hall–Kier alpha value is -2.34. The number of oxazole rings is 1. The Morgan fingerprint density at radius 3 is 2.57 bits per heavy atom. The maximum atomic E-state index is 12.1. The first-order valence-corrected chi connectivity index (χ1v) is 6.67. The molecule has 1 aromatic heterocycles. The molecule has 0 fully saturated rings. The summed E-state index contributed by atoms with van der Waals surface area (Å²) in [6, 6.07) is 6.69. The highest BCUT2D eigenvalue weighted by Crippen LogP contribution is 2.19. The van der Waals surface area contributed by atoms with Gasteiger partial charge in [0, 0.05) is 5.69 Å². The van der Waals surface area contributed by atoms with Crippen molar-refractivity contribution in [1.82, 2.24) is 4.98 Å². The fourth-order valence-corrected chi connectivity index (χ4v) is 1.70. The zero-order valence-corrected chi connectivity index (χ0v) is 12.3. The van der Waals surface area contributed by atoms with E-state index in [-0.39, 0.29) is 23.6 Å². The zero-order valence-electron chi connectivity index (χ0n) is 12.3. The van der Waals surface area contributed by atoms with Crippen LogP contribution < -0.4 is 15.8 Å². The van der Waals surface area contributed by atoms with E-state index in [1.54, 1.807) is 31.4 Å². The van der Waals surface area contributed by atoms with E-state index >= 15 is 0 Å². The standard InChI is InChI=1S/C15H19N3O3/c1-9(2)13(16)15-18-12(8-21-15)14(19)17-10-4-6-11(20-3)7-5-10/h4-9,13H,16H2,1-3H3,(H,17,19). The first kappa shape index (κ1) is 15.1. The van der Waals surface area contributed by atoms with Crippen LogP contribution in [0, 0.1) is 5.92 Å². The van der Waals surface area contributed by atoms with Crippen molar-refractivity contribution in [3.63, 3.8) is 0 Å². The van der Waals surface area contributed by atoms with Gasteiger partial charge in [0.1, 0.15) is 12.0 Å². The highest BCUT2D eigenvalue weighted by atomic mass is 16.5. The van der Waals surface area contributed by atoms with Crippen LogP contribution in [0.4, 0.5) is 5.69 Å². The lowest BCUT2D eigenvalue weighted by molar-refractivity contribution is 0.102. The second-order valence-electron chi connectivity index (χ2n) is 5.02. The molecule has 0 aliphatic rings. The number of amides is 1. The Kier molecular flexibility index (Phi) is 4.59. The van der Waals surface area contributed by atoms with Gasteiger partial charge in [-0.15, -0.1) is 0 Å². The summed E-state index contributed by atoms with van der Waals surface area (Å²) in [5.41, 5.74) is 6.79. The molecule has 0 spiro atoms. The van der Waals surface area contributed by atoms with E-state index in [0.29, 0.717) is 11.6 Å². The smallest absolute Gasteiger partial charge is 0.277 e. The van der Waals surface area contributed by atoms with Gasteiger partial charge in [-0.1, -0.05) is 13.8 Å². The first-order valence-electron chi connectivity index (χ1n) is 6.67. The van der Waals surface area contributed by atoms with Crippen molar-refractivity contribution < 1.29 is 13.9 Å². The summed E-state index contributed by atoms with van der Waals surface area (Å²) in [5, 5.41) is 2.73. The van der Waals surface area contributed by atoms with Gasteiger partial charge in [0.2, 0.25) is 5.89 Å². The number of nitrogens with zero attached hydrogens (tertiary/aromatic N) is 1. The molecule has 1 atom stereocenters. The van der Waals surface area contributed by atoms with Crippen LogP contribution >= 0.6 is 0 Å². The molecule has 0 saturated carbocycles. The second kappa shape index (κ2) is 6.41. The van der Waals surface area contributed by atoms with E-state index in [0.717, 1.165) is 5.75 Å². The molecule has 1 amide bonds. The third kappa shape index (κ3) is 3.61. The SMILES string of the molecule is COc1ccc(NC(=O)c2coc(C(N)C(C)C)n2)cc1. The van der Waals surface area contributed by atoms with E-state index in [1.165, 1.54) is 6.26 Å². The molecule has 0 aliphatic heterocycles. The van der Waals surface area contributed by atoms with E-state index in [1.807, 2.05) is 13.8 Å². The molecular formula is C15H19N3O3. The van der Waals surface area contributed by atoms with Gasteiger partial charge in [0.25, 0.3) is 5.91 Å². The summed E-state index contributed by atoms with van der Waals surface area (Å²) < 4.78 is 10.3. The lowest BCUT2D eigenvalue weighted by atomic mass is 10.1. The normalized spacial score (nSPS) is 12.2. The van der Waals surface area contributed by atoms with Crippen LogP contribution in [0.5, 0.6) is 5.75 Å². The van der Waals surface area contributed by atoms with Gasteiger partial charge in [-0.3, -0.25) is 4.79 Å². The van der Waals surface area contributed by atoms with Gasteiger partial charge in [-0.25, -0.2) is 4.98 Å². The van der Waals surface area contributed by atoms with Gasteiger partial charge in [-0.05, 0) is 30.2 Å². The molecule has 1 unspecified atom stereocenters. The minimum Gasteiger partial charge on any atom is -0.497 e. The van der Waals surface area contributed by atoms with Crippen LogP contribution in [0.2, 0.25) is 0 Å². The van der Waals surface area contributed by atoms with Gasteiger partial charge in [0.05, 0.1) is 13.2 Å². The Morgan fingerprint density at radius 2 is 2.00 bits per heavy atom. The van der Waals surface area contributed by atoms with Crippen molar-refractivity contribution in [2.45, 2.75) is 19.9 Å². The van der Waals surface area contributed by atoms with Gasteiger partial charge in [-0.2, -0.15) is 0 Å². The summed E-state index contributed by atoms with van der Waals surface area (Å²) in [7, 11) is 1.59. The quantitative estimate of drug-likeness (QED) is 0.883. The van der Waals surface area contributed by atoms with Crippen LogP contribution in [-0.4, -0.2) is 18.0 Å².